The van der Waals surface area contributed by atoms with E-state index in [-0.39, 0.29) is 0 Å². The summed E-state index contributed by atoms with van der Waals surface area (Å²) in [5.41, 5.74) is -3.41. The molecule has 1 N–H and O–H groups in total. The van der Waals surface area contributed by atoms with E-state index in [2.05, 4.69) is 0 Å². The normalized spacial score (nSPS) is 17.0. The van der Waals surface area contributed by atoms with Crippen molar-refractivity contribution in [2.24, 2.45) is 0 Å². The first kappa shape index (κ1) is 24.2. The second kappa shape index (κ2) is 6.88. The maximum Gasteiger partial charge on any atom is 0.460 e. The Balaban J connectivity index is 3.33. The quantitative estimate of drug-likeness (QED) is 0.354. The molecule has 0 spiro atoms. The van der Waals surface area contributed by atoms with Gasteiger partial charge in [-0.2, -0.15) is 48.3 Å². The van der Waals surface area contributed by atoms with Crippen LogP contribution in [-0.2, 0) is 5.60 Å². The van der Waals surface area contributed by atoms with Gasteiger partial charge in [0, 0.05) is 3.57 Å². The van der Waals surface area contributed by atoms with E-state index >= 15 is 0 Å². The van der Waals surface area contributed by atoms with Crippen LogP contribution in [0.25, 0.3) is 0 Å². The molecule has 0 saturated heterocycles. The molecule has 1 atom stereocenters. The van der Waals surface area contributed by atoms with Gasteiger partial charge in [0.05, 0.1) is 12.0 Å². The summed E-state index contributed by atoms with van der Waals surface area (Å²) in [5, 5.41) is 9.93. The molecule has 27 heavy (non-hydrogen) atoms. The zero-order chi connectivity index (χ0) is 21.7. The summed E-state index contributed by atoms with van der Waals surface area (Å²) >= 11 is 1.75. The van der Waals surface area contributed by atoms with Crippen LogP contribution in [0.1, 0.15) is 18.9 Å². The fourth-order valence-electron chi connectivity index (χ4n) is 2.06. The number of aliphatic hydroxyl groups is 1. The molecule has 0 amide bonds. The summed E-state index contributed by atoms with van der Waals surface area (Å²) in [4.78, 5) is 0. The van der Waals surface area contributed by atoms with Gasteiger partial charge in [-0.1, -0.05) is 12.1 Å². The van der Waals surface area contributed by atoms with Gasteiger partial charge in [-0.25, -0.2) is 0 Å². The summed E-state index contributed by atoms with van der Waals surface area (Å²) in [6.45, 7) is 0.499. The SMILES string of the molecule is CC(O)(CC(F)(F)C(F)(F)C(F)(F)C(F)(F)C(F)(F)F)c1ccc(I)cc1. The smallest absolute Gasteiger partial charge is 0.385 e. The van der Waals surface area contributed by atoms with Gasteiger partial charge in [0.25, 0.3) is 0 Å². The van der Waals surface area contributed by atoms with E-state index in [1.165, 1.54) is 12.1 Å². The zero-order valence-electron chi connectivity index (χ0n) is 13.0. The highest BCUT2D eigenvalue weighted by molar-refractivity contribution is 14.1. The van der Waals surface area contributed by atoms with Gasteiger partial charge < -0.3 is 5.11 Å². The Morgan fingerprint density at radius 3 is 1.52 bits per heavy atom. The third-order valence-electron chi connectivity index (χ3n) is 3.64. The van der Waals surface area contributed by atoms with Gasteiger partial charge >= 0.3 is 29.9 Å². The third kappa shape index (κ3) is 4.12. The number of benzene rings is 1. The Bertz CT molecular complexity index is 665. The molecule has 0 aliphatic rings. The number of alkyl halides is 11. The van der Waals surface area contributed by atoms with Crippen LogP contribution in [0.5, 0.6) is 0 Å². The first-order valence-corrected chi connectivity index (χ1v) is 7.85. The second-order valence-electron chi connectivity index (χ2n) is 5.88. The lowest BCUT2D eigenvalue weighted by Gasteiger charge is -2.39. The van der Waals surface area contributed by atoms with Crippen molar-refractivity contribution in [3.8, 4) is 0 Å². The van der Waals surface area contributed by atoms with Crippen LogP contribution in [0.15, 0.2) is 24.3 Å². The van der Waals surface area contributed by atoms with Gasteiger partial charge in [-0.05, 0) is 47.2 Å². The first-order valence-electron chi connectivity index (χ1n) is 6.77. The van der Waals surface area contributed by atoms with E-state index in [0.717, 1.165) is 12.1 Å². The van der Waals surface area contributed by atoms with E-state index in [0.29, 0.717) is 10.5 Å². The van der Waals surface area contributed by atoms with E-state index in [9.17, 15) is 53.4 Å². The Labute approximate surface area is 158 Å². The largest absolute Gasteiger partial charge is 0.460 e. The monoisotopic (exact) mass is 530 g/mol. The van der Waals surface area contributed by atoms with Crippen LogP contribution in [0, 0.1) is 3.57 Å². The molecular weight excluding hydrogens is 520 g/mol. The fraction of sp³-hybridized carbons (Fsp3) is 0.571. The number of hydrogen-bond donors (Lipinski definition) is 1. The molecule has 1 rings (SSSR count). The van der Waals surface area contributed by atoms with Crippen molar-refractivity contribution in [3.63, 3.8) is 0 Å². The van der Waals surface area contributed by atoms with Crippen LogP contribution in [-0.4, -0.2) is 35.0 Å². The fourth-order valence-corrected chi connectivity index (χ4v) is 2.42. The summed E-state index contributed by atoms with van der Waals surface area (Å²) in [5.74, 6) is -28.2. The Morgan fingerprint density at radius 2 is 1.15 bits per heavy atom. The van der Waals surface area contributed by atoms with E-state index in [1.807, 2.05) is 0 Å². The molecule has 0 saturated carbocycles. The molecule has 1 aromatic rings. The second-order valence-corrected chi connectivity index (χ2v) is 7.13. The van der Waals surface area contributed by atoms with Crippen LogP contribution in [0.2, 0.25) is 0 Å². The van der Waals surface area contributed by atoms with E-state index < -0.39 is 47.5 Å². The highest BCUT2D eigenvalue weighted by Gasteiger charge is 2.87. The summed E-state index contributed by atoms with van der Waals surface area (Å²) in [7, 11) is 0. The van der Waals surface area contributed by atoms with Gasteiger partial charge in [-0.3, -0.25) is 0 Å². The molecule has 0 aliphatic carbocycles. The Kier molecular flexibility index (Phi) is 6.16. The van der Waals surface area contributed by atoms with Crippen molar-refractivity contribution in [1.82, 2.24) is 0 Å². The molecule has 1 unspecified atom stereocenters. The molecule has 0 aliphatic heterocycles. The Morgan fingerprint density at radius 1 is 0.741 bits per heavy atom. The predicted molar refractivity (Wildman–Crippen MR) is 79.2 cm³/mol. The lowest BCUT2D eigenvalue weighted by Crippen LogP contribution is -2.67. The topological polar surface area (TPSA) is 20.2 Å². The van der Waals surface area contributed by atoms with Gasteiger partial charge in [0.1, 0.15) is 0 Å². The first-order chi connectivity index (χ1) is 11.7. The van der Waals surface area contributed by atoms with Crippen LogP contribution in [0.3, 0.4) is 0 Å². The average Bonchev–Trinajstić information content (AvgIpc) is 2.44. The highest BCUT2D eigenvalue weighted by atomic mass is 127. The third-order valence-corrected chi connectivity index (χ3v) is 4.36. The van der Waals surface area contributed by atoms with Gasteiger partial charge in [0.15, 0.2) is 0 Å². The molecule has 0 fully saturated rings. The van der Waals surface area contributed by atoms with Gasteiger partial charge in [0.2, 0.25) is 0 Å². The zero-order valence-corrected chi connectivity index (χ0v) is 15.2. The molecule has 0 radical (unpaired) electrons. The summed E-state index contributed by atoms with van der Waals surface area (Å²) < 4.78 is 143. The van der Waals surface area contributed by atoms with Crippen molar-refractivity contribution in [2.45, 2.75) is 48.8 Å². The van der Waals surface area contributed by atoms with Crippen molar-refractivity contribution >= 4 is 22.6 Å². The van der Waals surface area contributed by atoms with Gasteiger partial charge in [-0.15, -0.1) is 0 Å². The molecule has 1 nitrogen and oxygen atoms in total. The van der Waals surface area contributed by atoms with E-state index in [4.69, 9.17) is 0 Å². The predicted octanol–water partition coefficient (Wildman–Crippen LogP) is 5.99. The summed E-state index contributed by atoms with van der Waals surface area (Å²) in [6, 6.07) is 4.40. The molecule has 0 bridgehead atoms. The minimum Gasteiger partial charge on any atom is -0.385 e. The van der Waals surface area contributed by atoms with Crippen molar-refractivity contribution in [3.05, 3.63) is 33.4 Å². The minimum atomic E-state index is -7.48. The lowest BCUT2D eigenvalue weighted by molar-refractivity contribution is -0.424. The molecule has 156 valence electrons. The molecule has 1 aromatic carbocycles. The maximum absolute atomic E-state index is 13.8. The lowest BCUT2D eigenvalue weighted by atomic mass is 9.85. The average molecular weight is 530 g/mol. The standard InChI is InChI=1S/C14H10F11IO/c1-9(27,7-2-4-8(26)5-3-7)6-10(15,16)11(17,18)12(19,20)13(21,22)14(23,24)25/h2-5,27H,6H2,1H3. The van der Waals surface area contributed by atoms with Crippen molar-refractivity contribution < 1.29 is 53.4 Å². The number of hydrogen-bond acceptors (Lipinski definition) is 1. The van der Waals surface area contributed by atoms with Crippen LogP contribution in [0.4, 0.5) is 48.3 Å². The molecule has 0 aromatic heterocycles. The maximum atomic E-state index is 13.8. The number of rotatable bonds is 6. The van der Waals surface area contributed by atoms with Crippen molar-refractivity contribution in [2.75, 3.05) is 0 Å². The van der Waals surface area contributed by atoms with Crippen LogP contribution >= 0.6 is 22.6 Å². The minimum absolute atomic E-state index is 0.468. The van der Waals surface area contributed by atoms with Crippen LogP contribution < -0.4 is 0 Å². The van der Waals surface area contributed by atoms with Crippen molar-refractivity contribution in [1.29, 1.82) is 0 Å². The molecular formula is C14H10F11IO. The summed E-state index contributed by atoms with van der Waals surface area (Å²) in [6.07, 6.45) is -9.76. The molecule has 0 heterocycles. The highest BCUT2D eigenvalue weighted by Crippen LogP contribution is 2.58. The Hall–Kier alpha value is -0.860. The molecule has 13 heteroatoms. The number of halogens is 12. The van der Waals surface area contributed by atoms with E-state index in [1.54, 1.807) is 22.6 Å².